The lowest BCUT2D eigenvalue weighted by Gasteiger charge is -2.21. The van der Waals surface area contributed by atoms with E-state index >= 15 is 0 Å². The number of esters is 4. The Bertz CT molecular complexity index is 1730. The number of aliphatic hydroxyl groups excluding tert-OH is 1. The van der Waals surface area contributed by atoms with E-state index in [-0.39, 0.29) is 25.7 Å². The number of hydrogen-bond donors (Lipinski definition) is 3. The highest BCUT2D eigenvalue weighted by Crippen LogP contribution is 2.45. The summed E-state index contributed by atoms with van der Waals surface area (Å²) in [5.74, 6) is 0.0616. The third-order valence-electron chi connectivity index (χ3n) is 15.9. The first-order chi connectivity index (χ1) is 42.2. The van der Waals surface area contributed by atoms with Gasteiger partial charge in [-0.25, -0.2) is 9.13 Å². The molecular weight excluding hydrogens is 1160 g/mol. The van der Waals surface area contributed by atoms with Crippen LogP contribution in [0.1, 0.15) is 344 Å². The van der Waals surface area contributed by atoms with Crippen molar-refractivity contribution in [2.24, 2.45) is 17.8 Å². The maximum Gasteiger partial charge on any atom is 0.472 e. The maximum absolute atomic E-state index is 13.0. The Morgan fingerprint density at radius 3 is 0.773 bits per heavy atom. The number of phosphoric acid groups is 2. The van der Waals surface area contributed by atoms with E-state index in [9.17, 15) is 43.2 Å². The van der Waals surface area contributed by atoms with Crippen molar-refractivity contribution in [3.8, 4) is 0 Å². The topological polar surface area (TPSA) is 237 Å². The summed E-state index contributed by atoms with van der Waals surface area (Å²) in [6, 6.07) is 0. The fourth-order valence-electron chi connectivity index (χ4n) is 10.4. The molecule has 0 aliphatic rings. The van der Waals surface area contributed by atoms with Crippen LogP contribution in [0.25, 0.3) is 0 Å². The standard InChI is InChI=1S/C69H134O17P2/c1-8-9-10-11-12-13-14-15-16-24-29-38-45-52-68(73)86-65(57-80-67(72)51-44-37-32-31-35-42-49-62(6)7)59-84-88(77,78)82-55-63(70)54-81-87(75,76)83-58-64(85-69(74)53-46-39-30-25-20-18-22-27-34-41-48-61(4)5)56-79-66(71)50-43-36-28-23-19-17-21-26-33-40-47-60(2)3/h60-65,70H,8-59H2,1-7H3,(H,75,76)(H,77,78)/t63-,64-,65-/m1/s1. The van der Waals surface area contributed by atoms with Gasteiger partial charge in [0.15, 0.2) is 12.2 Å². The van der Waals surface area contributed by atoms with Crippen molar-refractivity contribution in [1.82, 2.24) is 0 Å². The van der Waals surface area contributed by atoms with E-state index in [1.807, 2.05) is 0 Å². The maximum atomic E-state index is 13.0. The van der Waals surface area contributed by atoms with Crippen LogP contribution >= 0.6 is 15.6 Å². The van der Waals surface area contributed by atoms with Crippen molar-refractivity contribution in [1.29, 1.82) is 0 Å². The summed E-state index contributed by atoms with van der Waals surface area (Å²) in [6.45, 7) is 11.7. The predicted molar refractivity (Wildman–Crippen MR) is 354 cm³/mol. The SMILES string of the molecule is CCCCCCCCCCCCCCCC(=O)O[C@H](COC(=O)CCCCCCCCC(C)C)COP(=O)(O)OC[C@H](O)COP(=O)(O)OC[C@@H](COC(=O)CCCCCCCCCCCCC(C)C)OC(=O)CCCCCCCCCCCCC(C)C. The van der Waals surface area contributed by atoms with Gasteiger partial charge in [-0.3, -0.25) is 37.3 Å². The predicted octanol–water partition coefficient (Wildman–Crippen LogP) is 19.5. The van der Waals surface area contributed by atoms with E-state index in [2.05, 4.69) is 48.5 Å². The molecule has 0 bridgehead atoms. The molecule has 0 aromatic rings. The molecule has 522 valence electrons. The van der Waals surface area contributed by atoms with Crippen LogP contribution in [0.15, 0.2) is 0 Å². The van der Waals surface area contributed by atoms with Gasteiger partial charge in [0.05, 0.1) is 26.4 Å². The fourth-order valence-corrected chi connectivity index (χ4v) is 11.9. The fraction of sp³-hybridized carbons (Fsp3) is 0.942. The molecule has 0 saturated carbocycles. The second kappa shape index (κ2) is 60.0. The lowest BCUT2D eigenvalue weighted by Crippen LogP contribution is -2.30. The minimum Gasteiger partial charge on any atom is -0.462 e. The minimum absolute atomic E-state index is 0.105. The highest BCUT2D eigenvalue weighted by Gasteiger charge is 2.30. The number of aliphatic hydroxyl groups is 1. The summed E-state index contributed by atoms with van der Waals surface area (Å²) in [5.41, 5.74) is 0. The van der Waals surface area contributed by atoms with Crippen LogP contribution in [0.2, 0.25) is 0 Å². The Morgan fingerprint density at radius 2 is 0.523 bits per heavy atom. The Kier molecular flexibility index (Phi) is 58.7. The van der Waals surface area contributed by atoms with E-state index in [0.717, 1.165) is 108 Å². The van der Waals surface area contributed by atoms with Crippen molar-refractivity contribution < 1.29 is 80.2 Å². The normalized spacial score (nSPS) is 14.2. The van der Waals surface area contributed by atoms with Gasteiger partial charge < -0.3 is 33.8 Å². The van der Waals surface area contributed by atoms with Crippen LogP contribution < -0.4 is 0 Å². The van der Waals surface area contributed by atoms with Gasteiger partial charge in [-0.2, -0.15) is 0 Å². The molecule has 0 spiro atoms. The first-order valence-electron chi connectivity index (χ1n) is 35.8. The molecule has 0 rings (SSSR count). The summed E-state index contributed by atoms with van der Waals surface area (Å²) in [6.07, 6.45) is 43.1. The van der Waals surface area contributed by atoms with Crippen molar-refractivity contribution in [3.05, 3.63) is 0 Å². The molecule has 0 aromatic heterocycles. The number of unbranched alkanes of at least 4 members (excludes halogenated alkanes) is 35. The van der Waals surface area contributed by atoms with Crippen molar-refractivity contribution in [2.45, 2.75) is 362 Å². The van der Waals surface area contributed by atoms with Gasteiger partial charge in [-0.1, -0.05) is 292 Å². The summed E-state index contributed by atoms with van der Waals surface area (Å²) in [4.78, 5) is 72.5. The van der Waals surface area contributed by atoms with Gasteiger partial charge in [0, 0.05) is 25.7 Å². The Labute approximate surface area is 537 Å². The first-order valence-corrected chi connectivity index (χ1v) is 38.8. The van der Waals surface area contributed by atoms with Crippen LogP contribution in [0.4, 0.5) is 0 Å². The molecule has 0 saturated heterocycles. The van der Waals surface area contributed by atoms with Gasteiger partial charge in [-0.15, -0.1) is 0 Å². The van der Waals surface area contributed by atoms with Crippen LogP contribution in [0.3, 0.4) is 0 Å². The van der Waals surface area contributed by atoms with E-state index in [0.29, 0.717) is 31.6 Å². The van der Waals surface area contributed by atoms with Gasteiger partial charge in [0.25, 0.3) is 0 Å². The zero-order valence-corrected chi connectivity index (χ0v) is 59.0. The molecule has 0 amide bonds. The summed E-state index contributed by atoms with van der Waals surface area (Å²) in [7, 11) is -9.90. The van der Waals surface area contributed by atoms with Crippen molar-refractivity contribution >= 4 is 39.5 Å². The molecule has 88 heavy (non-hydrogen) atoms. The zero-order valence-electron chi connectivity index (χ0n) is 57.2. The Balaban J connectivity index is 5.25. The Morgan fingerprint density at radius 1 is 0.307 bits per heavy atom. The summed E-state index contributed by atoms with van der Waals surface area (Å²) < 4.78 is 68.2. The third-order valence-corrected chi connectivity index (χ3v) is 17.8. The lowest BCUT2D eigenvalue weighted by atomic mass is 10.0. The lowest BCUT2D eigenvalue weighted by molar-refractivity contribution is -0.161. The van der Waals surface area contributed by atoms with Gasteiger partial charge in [-0.05, 0) is 43.4 Å². The average Bonchev–Trinajstić information content (AvgIpc) is 3.68. The number of ether oxygens (including phenoxy) is 4. The molecule has 19 heteroatoms. The molecule has 0 fully saturated rings. The largest absolute Gasteiger partial charge is 0.472 e. The molecule has 17 nitrogen and oxygen atoms in total. The van der Waals surface area contributed by atoms with Crippen molar-refractivity contribution in [3.63, 3.8) is 0 Å². The smallest absolute Gasteiger partial charge is 0.462 e. The molecule has 0 aliphatic heterocycles. The highest BCUT2D eigenvalue weighted by atomic mass is 31.2. The van der Waals surface area contributed by atoms with E-state index in [1.54, 1.807) is 0 Å². The molecule has 0 radical (unpaired) electrons. The second-order valence-corrected chi connectivity index (χ2v) is 29.3. The third kappa shape index (κ3) is 62.8. The molecule has 3 N–H and O–H groups in total. The zero-order chi connectivity index (χ0) is 65.2. The highest BCUT2D eigenvalue weighted by molar-refractivity contribution is 7.47. The van der Waals surface area contributed by atoms with Gasteiger partial charge in [0.1, 0.15) is 19.3 Å². The number of carbonyl (C=O) groups excluding carboxylic acids is 4. The van der Waals surface area contributed by atoms with E-state index in [4.69, 9.17) is 37.0 Å². The summed E-state index contributed by atoms with van der Waals surface area (Å²) >= 11 is 0. The first kappa shape index (κ1) is 86.1. The van der Waals surface area contributed by atoms with Crippen LogP contribution in [-0.2, 0) is 65.4 Å². The van der Waals surface area contributed by atoms with Crippen LogP contribution in [0, 0.1) is 17.8 Å². The van der Waals surface area contributed by atoms with Gasteiger partial charge >= 0.3 is 39.5 Å². The number of phosphoric ester groups is 2. The number of carbonyl (C=O) groups is 4. The molecule has 2 unspecified atom stereocenters. The van der Waals surface area contributed by atoms with Crippen LogP contribution in [0.5, 0.6) is 0 Å². The molecule has 0 aromatic carbocycles. The van der Waals surface area contributed by atoms with E-state index in [1.165, 1.54) is 148 Å². The number of rotatable bonds is 67. The van der Waals surface area contributed by atoms with E-state index < -0.39 is 97.5 Å². The monoisotopic (exact) mass is 1300 g/mol. The van der Waals surface area contributed by atoms with Crippen LogP contribution in [-0.4, -0.2) is 96.7 Å². The number of hydrogen-bond acceptors (Lipinski definition) is 15. The Hall–Kier alpha value is -1.94. The molecule has 0 aliphatic carbocycles. The summed E-state index contributed by atoms with van der Waals surface area (Å²) in [5, 5.41) is 10.6. The molecular formula is C69H134O17P2. The minimum atomic E-state index is -4.95. The quantitative estimate of drug-likeness (QED) is 0.0222. The second-order valence-electron chi connectivity index (χ2n) is 26.3. The van der Waals surface area contributed by atoms with Crippen molar-refractivity contribution in [2.75, 3.05) is 39.6 Å². The molecule has 0 heterocycles. The van der Waals surface area contributed by atoms with Gasteiger partial charge in [0.2, 0.25) is 0 Å². The molecule has 5 atom stereocenters. The average molecular weight is 1300 g/mol.